The molecule has 130 valence electrons. The van der Waals surface area contributed by atoms with Gasteiger partial charge < -0.3 is 10.0 Å². The summed E-state index contributed by atoms with van der Waals surface area (Å²) in [6, 6.07) is 18.6. The summed E-state index contributed by atoms with van der Waals surface area (Å²) in [6.45, 7) is 0.981. The van der Waals surface area contributed by atoms with Crippen LogP contribution in [-0.4, -0.2) is 41.4 Å². The minimum Gasteiger partial charge on any atom is -0.396 e. The number of hydrogen-bond donors (Lipinski definition) is 1. The Morgan fingerprint density at radius 1 is 1.00 bits per heavy atom. The molecule has 2 aromatic rings. The van der Waals surface area contributed by atoms with Gasteiger partial charge in [-0.2, -0.15) is 0 Å². The summed E-state index contributed by atoms with van der Waals surface area (Å²) in [5.74, 6) is -0.953. The Bertz CT molecular complexity index is 729. The number of carbonyl (C=O) groups excluding carboxylic acids is 2. The lowest BCUT2D eigenvalue weighted by Gasteiger charge is -2.41. The summed E-state index contributed by atoms with van der Waals surface area (Å²) in [6.07, 6.45) is 2.34. The minimum atomic E-state index is -0.478. The summed E-state index contributed by atoms with van der Waals surface area (Å²) in [5, 5.41) is 10.0. The third-order valence-corrected chi connectivity index (χ3v) is 4.94. The molecule has 1 atom stereocenters. The van der Waals surface area contributed by atoms with Crippen LogP contribution in [-0.2, 0) is 11.2 Å². The van der Waals surface area contributed by atoms with E-state index >= 15 is 0 Å². The van der Waals surface area contributed by atoms with Crippen LogP contribution in [0.5, 0.6) is 0 Å². The van der Waals surface area contributed by atoms with E-state index in [9.17, 15) is 14.7 Å². The van der Waals surface area contributed by atoms with Crippen molar-refractivity contribution < 1.29 is 14.7 Å². The van der Waals surface area contributed by atoms with E-state index in [0.29, 0.717) is 25.1 Å². The predicted octanol–water partition coefficient (Wildman–Crippen LogP) is 2.71. The normalized spacial score (nSPS) is 20.3. The van der Waals surface area contributed by atoms with E-state index in [1.54, 1.807) is 29.2 Å². The highest BCUT2D eigenvalue weighted by atomic mass is 16.3. The van der Waals surface area contributed by atoms with Crippen LogP contribution in [0, 0.1) is 5.41 Å². The first-order valence-electron chi connectivity index (χ1n) is 8.67. The fourth-order valence-corrected chi connectivity index (χ4v) is 3.60. The number of carbonyl (C=O) groups is 2. The second-order valence-corrected chi connectivity index (χ2v) is 6.85. The number of rotatable bonds is 5. The number of ketones is 1. The molecule has 1 aliphatic rings. The lowest BCUT2D eigenvalue weighted by atomic mass is 9.75. The molecule has 1 unspecified atom stereocenters. The van der Waals surface area contributed by atoms with Crippen LogP contribution in [0.2, 0.25) is 0 Å². The Kier molecular flexibility index (Phi) is 5.29. The highest BCUT2D eigenvalue weighted by Crippen LogP contribution is 2.33. The molecule has 0 spiro atoms. The average Bonchev–Trinajstić information content (AvgIpc) is 2.68. The van der Waals surface area contributed by atoms with E-state index < -0.39 is 11.7 Å². The van der Waals surface area contributed by atoms with Crippen molar-refractivity contribution in [2.24, 2.45) is 5.41 Å². The van der Waals surface area contributed by atoms with E-state index in [0.717, 1.165) is 18.4 Å². The third-order valence-electron chi connectivity index (χ3n) is 4.94. The van der Waals surface area contributed by atoms with Gasteiger partial charge in [0.25, 0.3) is 5.91 Å². The molecule has 2 aromatic carbocycles. The van der Waals surface area contributed by atoms with Gasteiger partial charge in [0.05, 0.1) is 6.61 Å². The fourth-order valence-electron chi connectivity index (χ4n) is 3.60. The summed E-state index contributed by atoms with van der Waals surface area (Å²) >= 11 is 0. The van der Waals surface area contributed by atoms with Gasteiger partial charge >= 0.3 is 0 Å². The summed E-state index contributed by atoms with van der Waals surface area (Å²) in [5.41, 5.74) is 1.17. The molecule has 0 radical (unpaired) electrons. The molecular formula is C21H23NO3. The van der Waals surface area contributed by atoms with Crippen molar-refractivity contribution in [2.45, 2.75) is 19.3 Å². The molecule has 3 rings (SSSR count). The zero-order valence-corrected chi connectivity index (χ0v) is 14.2. The largest absolute Gasteiger partial charge is 0.396 e. The molecule has 1 fully saturated rings. The molecule has 0 bridgehead atoms. The maximum Gasteiger partial charge on any atom is 0.294 e. The lowest BCUT2D eigenvalue weighted by Crippen LogP contribution is -2.50. The first kappa shape index (κ1) is 17.4. The summed E-state index contributed by atoms with van der Waals surface area (Å²) < 4.78 is 0. The molecule has 0 aromatic heterocycles. The Hall–Kier alpha value is -2.46. The Morgan fingerprint density at radius 2 is 1.64 bits per heavy atom. The van der Waals surface area contributed by atoms with Crippen LogP contribution in [0.1, 0.15) is 28.8 Å². The van der Waals surface area contributed by atoms with Crippen molar-refractivity contribution in [3.8, 4) is 0 Å². The van der Waals surface area contributed by atoms with Crippen molar-refractivity contribution in [1.29, 1.82) is 0 Å². The van der Waals surface area contributed by atoms with Gasteiger partial charge in [-0.1, -0.05) is 60.7 Å². The molecule has 1 aliphatic heterocycles. The van der Waals surface area contributed by atoms with Gasteiger partial charge in [-0.05, 0) is 24.8 Å². The van der Waals surface area contributed by atoms with Crippen molar-refractivity contribution in [3.63, 3.8) is 0 Å². The predicted molar refractivity (Wildman–Crippen MR) is 96.3 cm³/mol. The molecule has 1 N–H and O–H groups in total. The number of aliphatic hydroxyl groups excluding tert-OH is 1. The topological polar surface area (TPSA) is 57.6 Å². The van der Waals surface area contributed by atoms with Crippen molar-refractivity contribution >= 4 is 11.7 Å². The Morgan fingerprint density at radius 3 is 2.28 bits per heavy atom. The number of aliphatic hydroxyl groups is 1. The standard InChI is InChI=1S/C21H23NO3/c23-16-21(14-17-8-3-1-4-9-17)12-7-13-22(15-21)20(25)19(24)18-10-5-2-6-11-18/h1-6,8-11,23H,7,12-16H2. The highest BCUT2D eigenvalue weighted by Gasteiger charge is 2.38. The molecule has 25 heavy (non-hydrogen) atoms. The number of benzene rings is 2. The average molecular weight is 337 g/mol. The quantitative estimate of drug-likeness (QED) is 0.674. The number of likely N-dealkylation sites (tertiary alicyclic amines) is 1. The summed E-state index contributed by atoms with van der Waals surface area (Å²) in [7, 11) is 0. The molecular weight excluding hydrogens is 314 g/mol. The first-order chi connectivity index (χ1) is 12.1. The SMILES string of the molecule is O=C(C(=O)N1CCCC(CO)(Cc2ccccc2)C1)c1ccccc1. The minimum absolute atomic E-state index is 0.00516. The van der Waals surface area contributed by atoms with E-state index in [1.165, 1.54) is 0 Å². The van der Waals surface area contributed by atoms with E-state index in [-0.39, 0.29) is 12.0 Å². The Labute approximate surface area is 148 Å². The van der Waals surface area contributed by atoms with Gasteiger partial charge in [-0.15, -0.1) is 0 Å². The van der Waals surface area contributed by atoms with Gasteiger partial charge in [0, 0.05) is 24.1 Å². The molecule has 4 nitrogen and oxygen atoms in total. The maximum absolute atomic E-state index is 12.6. The van der Waals surface area contributed by atoms with Crippen LogP contribution in [0.3, 0.4) is 0 Å². The second-order valence-electron chi connectivity index (χ2n) is 6.85. The zero-order valence-electron chi connectivity index (χ0n) is 14.2. The zero-order chi connectivity index (χ0) is 17.7. The summed E-state index contributed by atoms with van der Waals surface area (Å²) in [4.78, 5) is 26.7. The number of piperidine rings is 1. The number of amides is 1. The van der Waals surface area contributed by atoms with Crippen molar-refractivity contribution in [2.75, 3.05) is 19.7 Å². The number of Topliss-reactive ketones (excluding diaryl/α,β-unsaturated/α-hetero) is 1. The molecule has 1 amide bonds. The van der Waals surface area contributed by atoms with Crippen molar-refractivity contribution in [3.05, 3.63) is 71.8 Å². The molecule has 0 aliphatic carbocycles. The number of hydrogen-bond acceptors (Lipinski definition) is 3. The van der Waals surface area contributed by atoms with Gasteiger partial charge in [0.2, 0.25) is 5.78 Å². The van der Waals surface area contributed by atoms with Gasteiger partial charge in [0.15, 0.2) is 0 Å². The molecule has 1 saturated heterocycles. The maximum atomic E-state index is 12.6. The molecule has 0 saturated carbocycles. The smallest absolute Gasteiger partial charge is 0.294 e. The molecule has 4 heteroatoms. The van der Waals surface area contributed by atoms with E-state index in [2.05, 4.69) is 0 Å². The first-order valence-corrected chi connectivity index (χ1v) is 8.67. The van der Waals surface area contributed by atoms with Crippen LogP contribution in [0.4, 0.5) is 0 Å². The monoisotopic (exact) mass is 337 g/mol. The third kappa shape index (κ3) is 3.97. The van der Waals surface area contributed by atoms with Gasteiger partial charge in [-0.25, -0.2) is 0 Å². The van der Waals surface area contributed by atoms with Crippen LogP contribution in [0.25, 0.3) is 0 Å². The Balaban J connectivity index is 1.75. The molecule has 1 heterocycles. The van der Waals surface area contributed by atoms with Crippen LogP contribution >= 0.6 is 0 Å². The van der Waals surface area contributed by atoms with E-state index in [1.807, 2.05) is 36.4 Å². The van der Waals surface area contributed by atoms with Gasteiger partial charge in [0.1, 0.15) is 0 Å². The van der Waals surface area contributed by atoms with Crippen LogP contribution in [0.15, 0.2) is 60.7 Å². The number of nitrogens with zero attached hydrogens (tertiary/aromatic N) is 1. The fraction of sp³-hybridized carbons (Fsp3) is 0.333. The van der Waals surface area contributed by atoms with E-state index in [4.69, 9.17) is 0 Å². The lowest BCUT2D eigenvalue weighted by molar-refractivity contribution is -0.130. The highest BCUT2D eigenvalue weighted by molar-refractivity contribution is 6.42. The van der Waals surface area contributed by atoms with Crippen molar-refractivity contribution in [1.82, 2.24) is 4.90 Å². The second kappa shape index (κ2) is 7.62. The van der Waals surface area contributed by atoms with Crippen LogP contribution < -0.4 is 0 Å². The van der Waals surface area contributed by atoms with Gasteiger partial charge in [-0.3, -0.25) is 9.59 Å².